The Kier molecular flexibility index (Phi) is 8.81. The predicted molar refractivity (Wildman–Crippen MR) is 122 cm³/mol. The Morgan fingerprint density at radius 3 is 2.29 bits per heavy atom. The zero-order chi connectivity index (χ0) is 27.9. The fourth-order valence-electron chi connectivity index (χ4n) is 5.41. The molecule has 2 saturated heterocycles. The number of carbonyl (C=O) groups excluding carboxylic acids is 1. The summed E-state index contributed by atoms with van der Waals surface area (Å²) in [4.78, 5) is 12.4. The summed E-state index contributed by atoms with van der Waals surface area (Å²) in [5, 5.41) is 71.4. The zero-order valence-electron chi connectivity index (χ0n) is 21.2. The number of carbonyl (C=O) groups is 1. The van der Waals surface area contributed by atoms with Gasteiger partial charge in [-0.2, -0.15) is 0 Å². The van der Waals surface area contributed by atoms with Gasteiger partial charge in [0.25, 0.3) is 0 Å². The summed E-state index contributed by atoms with van der Waals surface area (Å²) >= 11 is 0. The highest BCUT2D eigenvalue weighted by atomic mass is 16.8. The van der Waals surface area contributed by atoms with E-state index in [9.17, 15) is 40.5 Å². The number of methoxy groups -OCH3 is 1. The van der Waals surface area contributed by atoms with Crippen molar-refractivity contribution < 1.29 is 69.0 Å². The van der Waals surface area contributed by atoms with E-state index in [2.05, 4.69) is 0 Å². The first-order chi connectivity index (χ1) is 17.9. The molecule has 216 valence electrons. The van der Waals surface area contributed by atoms with Gasteiger partial charge in [-0.15, -0.1) is 0 Å². The van der Waals surface area contributed by atoms with E-state index >= 15 is 0 Å². The summed E-state index contributed by atoms with van der Waals surface area (Å²) in [5.74, 6) is -1.27. The van der Waals surface area contributed by atoms with Crippen molar-refractivity contribution in [3.63, 3.8) is 0 Å². The van der Waals surface area contributed by atoms with E-state index < -0.39 is 91.6 Å². The first-order valence-corrected chi connectivity index (χ1v) is 12.3. The second-order valence-corrected chi connectivity index (χ2v) is 10.2. The van der Waals surface area contributed by atoms with Gasteiger partial charge >= 0.3 is 5.97 Å². The van der Waals surface area contributed by atoms with Crippen LogP contribution >= 0.6 is 0 Å². The molecule has 0 aromatic rings. The lowest BCUT2D eigenvalue weighted by molar-refractivity contribution is -0.352. The Balaban J connectivity index is 1.48. The Labute approximate surface area is 218 Å². The van der Waals surface area contributed by atoms with Gasteiger partial charge in [-0.3, -0.25) is 0 Å². The summed E-state index contributed by atoms with van der Waals surface area (Å²) in [6.07, 6.45) is -12.4. The molecule has 14 heteroatoms. The number of aliphatic hydroxyl groups is 7. The molecule has 13 atom stereocenters. The molecule has 1 aliphatic carbocycles. The minimum Gasteiger partial charge on any atom is -0.471 e. The van der Waals surface area contributed by atoms with E-state index in [4.69, 9.17) is 28.4 Å². The van der Waals surface area contributed by atoms with Gasteiger partial charge in [-0.25, -0.2) is 4.79 Å². The Bertz CT molecular complexity index is 924. The summed E-state index contributed by atoms with van der Waals surface area (Å²) in [6.45, 7) is 2.46. The van der Waals surface area contributed by atoms with Crippen molar-refractivity contribution in [2.75, 3.05) is 20.3 Å². The molecular weight excluding hydrogens is 512 g/mol. The van der Waals surface area contributed by atoms with Gasteiger partial charge < -0.3 is 64.2 Å². The first-order valence-electron chi connectivity index (χ1n) is 12.3. The molecule has 2 fully saturated rings. The van der Waals surface area contributed by atoms with Crippen LogP contribution in [0, 0.1) is 11.3 Å². The second-order valence-electron chi connectivity index (χ2n) is 10.2. The maximum Gasteiger partial charge on any atom is 0.337 e. The fourth-order valence-corrected chi connectivity index (χ4v) is 5.41. The maximum atomic E-state index is 12.4. The lowest BCUT2D eigenvalue weighted by Gasteiger charge is -2.46. The molecule has 0 radical (unpaired) electrons. The average molecular weight is 549 g/mol. The summed E-state index contributed by atoms with van der Waals surface area (Å²) in [5.41, 5.74) is -0.0784. The van der Waals surface area contributed by atoms with Crippen LogP contribution < -0.4 is 0 Å². The summed E-state index contributed by atoms with van der Waals surface area (Å²) in [7, 11) is 1.24. The van der Waals surface area contributed by atoms with E-state index in [0.717, 1.165) is 0 Å². The number of hydrogen-bond donors (Lipinski definition) is 7. The minimum absolute atomic E-state index is 0.240. The highest BCUT2D eigenvalue weighted by Crippen LogP contribution is 2.53. The quantitative estimate of drug-likeness (QED) is 0.125. The van der Waals surface area contributed by atoms with Crippen LogP contribution in [0.4, 0.5) is 0 Å². The normalized spacial score (nSPS) is 47.0. The van der Waals surface area contributed by atoms with Crippen molar-refractivity contribution in [3.05, 3.63) is 23.5 Å². The molecule has 3 heterocycles. The molecule has 4 rings (SSSR count). The molecule has 4 aliphatic rings. The topological polar surface area (TPSA) is 214 Å². The molecular formula is C24H36O14. The van der Waals surface area contributed by atoms with Gasteiger partial charge in [-0.1, -0.05) is 13.0 Å². The Morgan fingerprint density at radius 1 is 0.974 bits per heavy atom. The summed E-state index contributed by atoms with van der Waals surface area (Å²) < 4.78 is 33.0. The highest BCUT2D eigenvalue weighted by Gasteiger charge is 2.55. The summed E-state index contributed by atoms with van der Waals surface area (Å²) in [6, 6.07) is 0. The molecule has 0 amide bonds. The number of hydrogen-bond acceptors (Lipinski definition) is 14. The minimum atomic E-state index is -1.72. The number of rotatable bonds is 7. The fraction of sp³-hybridized carbons (Fsp3) is 0.792. The van der Waals surface area contributed by atoms with E-state index in [-0.39, 0.29) is 12.2 Å². The Hall–Kier alpha value is -1.69. The zero-order valence-corrected chi connectivity index (χ0v) is 21.2. The van der Waals surface area contributed by atoms with Crippen LogP contribution in [0.3, 0.4) is 0 Å². The third-order valence-electron chi connectivity index (χ3n) is 7.84. The van der Waals surface area contributed by atoms with Crippen LogP contribution in [0.2, 0.25) is 0 Å². The van der Waals surface area contributed by atoms with Crippen molar-refractivity contribution in [1.29, 1.82) is 0 Å². The number of fused-ring (bicyclic) bond motifs is 1. The predicted octanol–water partition coefficient (Wildman–Crippen LogP) is -2.99. The number of ether oxygens (including phenoxy) is 6. The molecule has 7 N–H and O–H groups in total. The lowest BCUT2D eigenvalue weighted by Crippen LogP contribution is -2.62. The third-order valence-corrected chi connectivity index (χ3v) is 7.84. The van der Waals surface area contributed by atoms with Gasteiger partial charge in [0.05, 0.1) is 44.2 Å². The van der Waals surface area contributed by atoms with Gasteiger partial charge in [0.15, 0.2) is 12.6 Å². The van der Waals surface area contributed by atoms with Crippen LogP contribution in [-0.2, 0) is 33.2 Å². The van der Waals surface area contributed by atoms with Crippen LogP contribution in [0.1, 0.15) is 20.3 Å². The van der Waals surface area contributed by atoms with Gasteiger partial charge in [-0.05, 0) is 18.9 Å². The number of esters is 1. The van der Waals surface area contributed by atoms with Crippen LogP contribution in [0.25, 0.3) is 0 Å². The van der Waals surface area contributed by atoms with Gasteiger partial charge in [0.1, 0.15) is 42.7 Å². The molecule has 14 nitrogen and oxygen atoms in total. The van der Waals surface area contributed by atoms with Crippen molar-refractivity contribution in [1.82, 2.24) is 0 Å². The van der Waals surface area contributed by atoms with Crippen molar-refractivity contribution >= 4 is 5.97 Å². The lowest BCUT2D eigenvalue weighted by atomic mass is 9.70. The molecule has 0 saturated carbocycles. The smallest absolute Gasteiger partial charge is 0.337 e. The second kappa shape index (κ2) is 11.4. The van der Waals surface area contributed by atoms with Crippen LogP contribution in [0.5, 0.6) is 0 Å². The molecule has 0 aromatic heterocycles. The SMILES string of the molecule is COC(=O)C1=CO[C@@H](O[C@@H]2O[C@H](CO[C@@H]3O[C@@H](C)[C@H](O)[C@@H](O)[C@H]3O)[C@@H](O)[C@H](O)[C@H]2O)[C@@H]2C(CO)=CC[C@]12C. The molecule has 0 unspecified atom stereocenters. The van der Waals surface area contributed by atoms with Crippen molar-refractivity contribution in [3.8, 4) is 0 Å². The number of allylic oxidation sites excluding steroid dienone is 1. The third kappa shape index (κ3) is 5.11. The van der Waals surface area contributed by atoms with Crippen LogP contribution in [0.15, 0.2) is 23.5 Å². The van der Waals surface area contributed by atoms with Gasteiger partial charge in [0.2, 0.25) is 6.29 Å². The van der Waals surface area contributed by atoms with Crippen LogP contribution in [-0.4, -0.2) is 130 Å². The highest BCUT2D eigenvalue weighted by molar-refractivity contribution is 5.90. The first kappa shape index (κ1) is 29.3. The van der Waals surface area contributed by atoms with Gasteiger partial charge in [0, 0.05) is 5.41 Å². The monoisotopic (exact) mass is 548 g/mol. The molecule has 38 heavy (non-hydrogen) atoms. The molecule has 0 aromatic carbocycles. The van der Waals surface area contributed by atoms with Crippen molar-refractivity contribution in [2.45, 2.75) is 88.0 Å². The molecule has 3 aliphatic heterocycles. The molecule has 0 bridgehead atoms. The van der Waals surface area contributed by atoms with E-state index in [1.807, 2.05) is 0 Å². The number of aliphatic hydroxyl groups excluding tert-OH is 7. The molecule has 0 spiro atoms. The van der Waals surface area contributed by atoms with E-state index in [1.54, 1.807) is 13.0 Å². The average Bonchev–Trinajstić information content (AvgIpc) is 3.26. The standard InChI is InChI=1S/C24H36O14/c1-9-14(26)16(28)18(30)22(36-9)35-8-12-15(27)17(29)19(31)23(37-12)38-21-13-10(6-25)4-5-24(13,2)11(7-34-21)20(32)33-3/h4,7,9,12-19,21-23,25-31H,5-6,8H2,1-3H3/t9-,12+,13-,14-,15+,16+,17-,18+,19+,21-,22+,23-,24+/m0/s1. The van der Waals surface area contributed by atoms with Crippen molar-refractivity contribution in [2.24, 2.45) is 11.3 Å². The Morgan fingerprint density at radius 2 is 1.63 bits per heavy atom. The maximum absolute atomic E-state index is 12.4. The van der Waals surface area contributed by atoms with E-state index in [1.165, 1.54) is 20.3 Å². The van der Waals surface area contributed by atoms with E-state index in [0.29, 0.717) is 12.0 Å². The largest absolute Gasteiger partial charge is 0.471 e.